The number of aliphatic hydroxyl groups is 1. The van der Waals surface area contributed by atoms with Crippen molar-refractivity contribution < 1.29 is 14.2 Å². The van der Waals surface area contributed by atoms with E-state index in [-0.39, 0.29) is 0 Å². The zero-order valence-electron chi connectivity index (χ0n) is 10.7. The lowest BCUT2D eigenvalue weighted by Crippen LogP contribution is -2.03. The molecule has 0 aliphatic carbocycles. The number of hydrogen-bond acceptors (Lipinski definition) is 4. The Morgan fingerprint density at radius 1 is 1.30 bits per heavy atom. The van der Waals surface area contributed by atoms with E-state index >= 15 is 0 Å². The van der Waals surface area contributed by atoms with Crippen LogP contribution < -0.4 is 4.74 Å². The SMILES string of the molecule is COc1ccc(F)cc1C(O)c1cnc2ccsc2c1. The lowest BCUT2D eigenvalue weighted by molar-refractivity contribution is 0.214. The fourth-order valence-corrected chi connectivity index (χ4v) is 2.90. The van der Waals surface area contributed by atoms with E-state index in [1.165, 1.54) is 25.3 Å². The molecule has 0 aliphatic rings. The summed E-state index contributed by atoms with van der Waals surface area (Å²) in [6.45, 7) is 0. The Balaban J connectivity index is 2.06. The summed E-state index contributed by atoms with van der Waals surface area (Å²) < 4.78 is 19.5. The highest BCUT2D eigenvalue weighted by atomic mass is 32.1. The molecule has 20 heavy (non-hydrogen) atoms. The molecule has 1 unspecified atom stereocenters. The molecule has 3 aromatic rings. The predicted molar refractivity (Wildman–Crippen MR) is 76.6 cm³/mol. The molecule has 0 radical (unpaired) electrons. The summed E-state index contributed by atoms with van der Waals surface area (Å²) in [6, 6.07) is 7.86. The molecule has 2 aromatic heterocycles. The summed E-state index contributed by atoms with van der Waals surface area (Å²) in [6.07, 6.45) is 0.629. The second-order valence-electron chi connectivity index (χ2n) is 4.36. The van der Waals surface area contributed by atoms with Crippen LogP contribution in [0, 0.1) is 5.82 Å². The number of hydrogen-bond donors (Lipinski definition) is 1. The summed E-state index contributed by atoms with van der Waals surface area (Å²) in [5.74, 6) is 0.0372. The molecule has 3 nitrogen and oxygen atoms in total. The highest BCUT2D eigenvalue weighted by Gasteiger charge is 2.17. The molecule has 0 fully saturated rings. The van der Waals surface area contributed by atoms with Gasteiger partial charge in [-0.2, -0.15) is 0 Å². The lowest BCUT2D eigenvalue weighted by Gasteiger charge is -2.15. The van der Waals surface area contributed by atoms with E-state index in [1.54, 1.807) is 17.5 Å². The fraction of sp³-hybridized carbons (Fsp3) is 0.133. The first kappa shape index (κ1) is 13.0. The van der Waals surface area contributed by atoms with Gasteiger partial charge in [0.05, 0.1) is 17.3 Å². The third kappa shape index (κ3) is 2.26. The van der Waals surface area contributed by atoms with Gasteiger partial charge in [0.15, 0.2) is 0 Å². The van der Waals surface area contributed by atoms with Crippen LogP contribution in [0.15, 0.2) is 41.9 Å². The summed E-state index contributed by atoms with van der Waals surface area (Å²) in [5.41, 5.74) is 1.89. The van der Waals surface area contributed by atoms with Crippen LogP contribution in [0.2, 0.25) is 0 Å². The zero-order chi connectivity index (χ0) is 14.1. The van der Waals surface area contributed by atoms with Crippen molar-refractivity contribution in [1.82, 2.24) is 4.98 Å². The number of aliphatic hydroxyl groups excluding tert-OH is 1. The van der Waals surface area contributed by atoms with Crippen molar-refractivity contribution in [3.8, 4) is 5.75 Å². The first-order chi connectivity index (χ1) is 9.69. The van der Waals surface area contributed by atoms with Crippen molar-refractivity contribution in [3.63, 3.8) is 0 Å². The van der Waals surface area contributed by atoms with Crippen molar-refractivity contribution in [2.75, 3.05) is 7.11 Å². The van der Waals surface area contributed by atoms with Crippen LogP contribution in [0.5, 0.6) is 5.75 Å². The molecule has 102 valence electrons. The van der Waals surface area contributed by atoms with Gasteiger partial charge in [0.1, 0.15) is 17.7 Å². The number of benzene rings is 1. The van der Waals surface area contributed by atoms with Crippen LogP contribution in [0.4, 0.5) is 4.39 Å². The Kier molecular flexibility index (Phi) is 3.38. The minimum absolute atomic E-state index is 0.394. The van der Waals surface area contributed by atoms with Gasteiger partial charge < -0.3 is 9.84 Å². The van der Waals surface area contributed by atoms with E-state index in [4.69, 9.17) is 4.74 Å². The number of pyridine rings is 1. The van der Waals surface area contributed by atoms with Crippen molar-refractivity contribution in [2.45, 2.75) is 6.10 Å². The molecule has 1 atom stereocenters. The van der Waals surface area contributed by atoms with Gasteiger partial charge in [0.2, 0.25) is 0 Å². The molecule has 2 heterocycles. The van der Waals surface area contributed by atoms with Crippen LogP contribution >= 0.6 is 11.3 Å². The summed E-state index contributed by atoms with van der Waals surface area (Å²) >= 11 is 1.55. The maximum Gasteiger partial charge on any atom is 0.125 e. The zero-order valence-corrected chi connectivity index (χ0v) is 11.5. The number of halogens is 1. The van der Waals surface area contributed by atoms with E-state index in [2.05, 4.69) is 4.98 Å². The Bertz CT molecular complexity index is 756. The number of nitrogens with zero attached hydrogens (tertiary/aromatic N) is 1. The standard InChI is InChI=1S/C15H12FNO2S/c1-19-13-3-2-10(16)7-11(13)15(18)9-6-14-12(17-8-9)4-5-20-14/h2-8,15,18H,1H3. The molecule has 0 saturated heterocycles. The first-order valence-electron chi connectivity index (χ1n) is 6.03. The van der Waals surface area contributed by atoms with Crippen molar-refractivity contribution in [3.05, 3.63) is 58.9 Å². The number of fused-ring (bicyclic) bond motifs is 1. The molecular weight excluding hydrogens is 277 g/mol. The van der Waals surface area contributed by atoms with E-state index < -0.39 is 11.9 Å². The van der Waals surface area contributed by atoms with Crippen LogP contribution in [-0.4, -0.2) is 17.2 Å². The fourth-order valence-electron chi connectivity index (χ4n) is 2.11. The summed E-state index contributed by atoms with van der Waals surface area (Å²) in [7, 11) is 1.49. The predicted octanol–water partition coefficient (Wildman–Crippen LogP) is 3.53. The highest BCUT2D eigenvalue weighted by Crippen LogP contribution is 2.32. The topological polar surface area (TPSA) is 42.4 Å². The van der Waals surface area contributed by atoms with E-state index in [0.29, 0.717) is 16.9 Å². The van der Waals surface area contributed by atoms with Gasteiger partial charge in [0, 0.05) is 17.3 Å². The molecule has 1 N–H and O–H groups in total. The van der Waals surface area contributed by atoms with Gasteiger partial charge in [-0.25, -0.2) is 4.39 Å². The van der Waals surface area contributed by atoms with Crippen molar-refractivity contribution in [1.29, 1.82) is 0 Å². The molecular formula is C15H12FNO2S. The van der Waals surface area contributed by atoms with E-state index in [0.717, 1.165) is 10.2 Å². The molecule has 0 saturated carbocycles. The Hall–Kier alpha value is -1.98. The normalized spacial score (nSPS) is 12.6. The lowest BCUT2D eigenvalue weighted by atomic mass is 10.0. The number of methoxy groups -OCH3 is 1. The molecule has 3 rings (SSSR count). The third-order valence-electron chi connectivity index (χ3n) is 3.13. The number of thiophene rings is 1. The largest absolute Gasteiger partial charge is 0.496 e. The number of ether oxygens (including phenoxy) is 1. The molecule has 0 bridgehead atoms. The summed E-state index contributed by atoms with van der Waals surface area (Å²) in [4.78, 5) is 4.28. The smallest absolute Gasteiger partial charge is 0.125 e. The quantitative estimate of drug-likeness (QED) is 0.802. The average Bonchev–Trinajstić information content (AvgIpc) is 2.93. The van der Waals surface area contributed by atoms with Gasteiger partial charge in [-0.15, -0.1) is 11.3 Å². The van der Waals surface area contributed by atoms with Crippen LogP contribution in [0.1, 0.15) is 17.2 Å². The number of rotatable bonds is 3. The Morgan fingerprint density at radius 3 is 2.95 bits per heavy atom. The van der Waals surface area contributed by atoms with Gasteiger partial charge in [0.25, 0.3) is 0 Å². The minimum atomic E-state index is -0.973. The van der Waals surface area contributed by atoms with E-state index in [1.807, 2.05) is 17.5 Å². The first-order valence-corrected chi connectivity index (χ1v) is 6.91. The van der Waals surface area contributed by atoms with Crippen molar-refractivity contribution in [2.24, 2.45) is 0 Å². The molecule has 5 heteroatoms. The monoisotopic (exact) mass is 289 g/mol. The summed E-state index contributed by atoms with van der Waals surface area (Å²) in [5, 5.41) is 12.4. The van der Waals surface area contributed by atoms with Gasteiger partial charge in [-0.1, -0.05) is 0 Å². The highest BCUT2D eigenvalue weighted by molar-refractivity contribution is 7.17. The maximum absolute atomic E-state index is 13.4. The molecule has 0 aliphatic heterocycles. The van der Waals surface area contributed by atoms with E-state index in [9.17, 15) is 9.50 Å². The average molecular weight is 289 g/mol. The van der Waals surface area contributed by atoms with Crippen LogP contribution in [0.25, 0.3) is 10.2 Å². The maximum atomic E-state index is 13.4. The minimum Gasteiger partial charge on any atom is -0.496 e. The van der Waals surface area contributed by atoms with Gasteiger partial charge in [-0.05, 0) is 35.7 Å². The van der Waals surface area contributed by atoms with Crippen molar-refractivity contribution >= 4 is 21.6 Å². The second-order valence-corrected chi connectivity index (χ2v) is 5.31. The Labute approximate surface area is 119 Å². The molecule has 0 amide bonds. The second kappa shape index (κ2) is 5.19. The van der Waals surface area contributed by atoms with Gasteiger partial charge >= 0.3 is 0 Å². The van der Waals surface area contributed by atoms with Crippen LogP contribution in [-0.2, 0) is 0 Å². The van der Waals surface area contributed by atoms with Gasteiger partial charge in [-0.3, -0.25) is 4.98 Å². The Morgan fingerprint density at radius 2 is 2.15 bits per heavy atom. The molecule has 0 spiro atoms. The third-order valence-corrected chi connectivity index (χ3v) is 3.98. The molecule has 1 aromatic carbocycles. The van der Waals surface area contributed by atoms with Crippen LogP contribution in [0.3, 0.4) is 0 Å². The number of aromatic nitrogens is 1.